The van der Waals surface area contributed by atoms with Crippen LogP contribution in [-0.2, 0) is 4.79 Å². The quantitative estimate of drug-likeness (QED) is 0.527. The number of fused-ring (bicyclic) bond motifs is 2. The molecule has 4 rings (SSSR count). The van der Waals surface area contributed by atoms with Crippen LogP contribution in [0.15, 0.2) is 65.3 Å². The standard InChI is InChI=1S/C20H17BrN4O2/c1-13(20-24-23-18-4-2-3-9-25(18)20)22-19(26)12-27-17-8-6-14-10-16(21)7-5-15(14)11-17/h2-11,13H,12H2,1H3,(H,22,26). The Morgan fingerprint density at radius 2 is 1.96 bits per heavy atom. The fraction of sp³-hybridized carbons (Fsp3) is 0.150. The van der Waals surface area contributed by atoms with Gasteiger partial charge in [-0.05, 0) is 54.1 Å². The van der Waals surface area contributed by atoms with Gasteiger partial charge in [-0.3, -0.25) is 9.20 Å². The van der Waals surface area contributed by atoms with Crippen LogP contribution in [0.3, 0.4) is 0 Å². The predicted octanol–water partition coefficient (Wildman–Crippen LogP) is 3.90. The molecule has 1 atom stereocenters. The van der Waals surface area contributed by atoms with Crippen LogP contribution < -0.4 is 10.1 Å². The Balaban J connectivity index is 1.40. The van der Waals surface area contributed by atoms with Gasteiger partial charge in [-0.2, -0.15) is 0 Å². The van der Waals surface area contributed by atoms with Gasteiger partial charge in [-0.25, -0.2) is 0 Å². The van der Waals surface area contributed by atoms with Gasteiger partial charge in [0.25, 0.3) is 5.91 Å². The minimum Gasteiger partial charge on any atom is -0.484 e. The molecule has 0 spiro atoms. The highest BCUT2D eigenvalue weighted by atomic mass is 79.9. The van der Waals surface area contributed by atoms with Crippen LogP contribution in [0.5, 0.6) is 5.75 Å². The van der Waals surface area contributed by atoms with Crippen LogP contribution in [0.2, 0.25) is 0 Å². The molecule has 1 amide bonds. The van der Waals surface area contributed by atoms with E-state index in [0.29, 0.717) is 11.6 Å². The summed E-state index contributed by atoms with van der Waals surface area (Å²) in [6.45, 7) is 1.80. The van der Waals surface area contributed by atoms with Gasteiger partial charge in [0.05, 0.1) is 6.04 Å². The van der Waals surface area contributed by atoms with Crippen molar-refractivity contribution in [3.05, 3.63) is 71.1 Å². The van der Waals surface area contributed by atoms with E-state index in [1.54, 1.807) is 0 Å². The minimum atomic E-state index is -0.285. The molecule has 7 heteroatoms. The van der Waals surface area contributed by atoms with Crippen molar-refractivity contribution in [2.24, 2.45) is 0 Å². The zero-order valence-corrected chi connectivity index (χ0v) is 16.2. The fourth-order valence-electron chi connectivity index (χ4n) is 2.94. The van der Waals surface area contributed by atoms with Crippen LogP contribution in [0.1, 0.15) is 18.8 Å². The average molecular weight is 425 g/mol. The lowest BCUT2D eigenvalue weighted by Crippen LogP contribution is -2.32. The zero-order chi connectivity index (χ0) is 18.8. The van der Waals surface area contributed by atoms with Gasteiger partial charge in [-0.1, -0.05) is 34.1 Å². The summed E-state index contributed by atoms with van der Waals surface area (Å²) >= 11 is 3.46. The number of carbonyl (C=O) groups excluding carboxylic acids is 1. The first kappa shape index (κ1) is 17.5. The first-order valence-corrected chi connectivity index (χ1v) is 9.30. The molecule has 1 unspecified atom stereocenters. The lowest BCUT2D eigenvalue weighted by molar-refractivity contribution is -0.123. The number of nitrogens with zero attached hydrogens (tertiary/aromatic N) is 3. The first-order valence-electron chi connectivity index (χ1n) is 8.51. The van der Waals surface area contributed by atoms with Crippen molar-refractivity contribution in [3.63, 3.8) is 0 Å². The number of aromatic nitrogens is 3. The SMILES string of the molecule is CC(NC(=O)COc1ccc2cc(Br)ccc2c1)c1nnc2ccccn12. The molecule has 1 N–H and O–H groups in total. The van der Waals surface area contributed by atoms with E-state index < -0.39 is 0 Å². The Kier molecular flexibility index (Phi) is 4.77. The molecule has 0 aliphatic heterocycles. The van der Waals surface area contributed by atoms with Gasteiger partial charge >= 0.3 is 0 Å². The molecular formula is C20H17BrN4O2. The number of nitrogens with one attached hydrogen (secondary N) is 1. The highest BCUT2D eigenvalue weighted by Crippen LogP contribution is 2.24. The molecule has 2 aromatic heterocycles. The number of halogens is 1. The van der Waals surface area contributed by atoms with Gasteiger partial charge in [0.15, 0.2) is 18.1 Å². The Bertz CT molecular complexity index is 1130. The third kappa shape index (κ3) is 3.78. The number of ether oxygens (including phenoxy) is 1. The zero-order valence-electron chi connectivity index (χ0n) is 14.6. The van der Waals surface area contributed by atoms with Gasteiger partial charge in [0, 0.05) is 10.7 Å². The molecule has 0 aliphatic carbocycles. The molecule has 0 radical (unpaired) electrons. The number of carbonyl (C=O) groups is 1. The summed E-state index contributed by atoms with van der Waals surface area (Å²) in [6, 6.07) is 17.1. The summed E-state index contributed by atoms with van der Waals surface area (Å²) in [7, 11) is 0. The molecule has 6 nitrogen and oxygen atoms in total. The molecule has 0 fully saturated rings. The second kappa shape index (κ2) is 7.36. The number of rotatable bonds is 5. The van der Waals surface area contributed by atoms with Crippen molar-refractivity contribution >= 4 is 38.3 Å². The van der Waals surface area contributed by atoms with Crippen molar-refractivity contribution in [2.75, 3.05) is 6.61 Å². The third-order valence-electron chi connectivity index (χ3n) is 4.25. The summed E-state index contributed by atoms with van der Waals surface area (Å²) < 4.78 is 8.53. The normalized spacial score (nSPS) is 12.2. The van der Waals surface area contributed by atoms with Crippen molar-refractivity contribution in [3.8, 4) is 5.75 Å². The van der Waals surface area contributed by atoms with Crippen LogP contribution in [0.4, 0.5) is 0 Å². The monoisotopic (exact) mass is 424 g/mol. The summed E-state index contributed by atoms with van der Waals surface area (Å²) in [5, 5.41) is 13.3. The summed E-state index contributed by atoms with van der Waals surface area (Å²) in [4.78, 5) is 12.3. The van der Waals surface area contributed by atoms with Crippen LogP contribution in [0, 0.1) is 0 Å². The molecular weight excluding hydrogens is 408 g/mol. The highest BCUT2D eigenvalue weighted by Gasteiger charge is 2.16. The largest absolute Gasteiger partial charge is 0.484 e. The minimum absolute atomic E-state index is 0.0664. The molecule has 0 bridgehead atoms. The Labute approximate surface area is 164 Å². The van der Waals surface area contributed by atoms with E-state index in [-0.39, 0.29) is 18.6 Å². The van der Waals surface area contributed by atoms with Crippen LogP contribution in [-0.4, -0.2) is 27.1 Å². The maximum Gasteiger partial charge on any atom is 0.258 e. The maximum absolute atomic E-state index is 12.3. The third-order valence-corrected chi connectivity index (χ3v) is 4.74. The molecule has 136 valence electrons. The smallest absolute Gasteiger partial charge is 0.258 e. The number of hydrogen-bond acceptors (Lipinski definition) is 4. The molecule has 0 saturated heterocycles. The Morgan fingerprint density at radius 3 is 2.85 bits per heavy atom. The summed E-state index contributed by atoms with van der Waals surface area (Å²) in [5.41, 5.74) is 0.743. The predicted molar refractivity (Wildman–Crippen MR) is 107 cm³/mol. The number of hydrogen-bond donors (Lipinski definition) is 1. The highest BCUT2D eigenvalue weighted by molar-refractivity contribution is 9.10. The molecule has 0 aliphatic rings. The van der Waals surface area contributed by atoms with E-state index in [2.05, 4.69) is 31.4 Å². The lowest BCUT2D eigenvalue weighted by Gasteiger charge is -2.13. The molecule has 27 heavy (non-hydrogen) atoms. The number of amides is 1. The van der Waals surface area contributed by atoms with Gasteiger partial charge < -0.3 is 10.1 Å². The summed E-state index contributed by atoms with van der Waals surface area (Å²) in [6.07, 6.45) is 1.87. The molecule has 4 aromatic rings. The second-order valence-electron chi connectivity index (χ2n) is 6.22. The van der Waals surface area contributed by atoms with Gasteiger partial charge in [0.1, 0.15) is 5.75 Å². The average Bonchev–Trinajstić information content (AvgIpc) is 3.10. The van der Waals surface area contributed by atoms with Gasteiger partial charge in [0.2, 0.25) is 0 Å². The Hall–Kier alpha value is -2.93. The van der Waals surface area contributed by atoms with Crippen LogP contribution >= 0.6 is 15.9 Å². The number of pyridine rings is 1. The van der Waals surface area contributed by atoms with Crippen molar-refractivity contribution in [1.29, 1.82) is 0 Å². The fourth-order valence-corrected chi connectivity index (χ4v) is 3.31. The van der Waals surface area contributed by atoms with E-state index in [4.69, 9.17) is 4.74 Å². The number of benzene rings is 2. The molecule has 0 saturated carbocycles. The van der Waals surface area contributed by atoms with Gasteiger partial charge in [-0.15, -0.1) is 10.2 Å². The van der Waals surface area contributed by atoms with Crippen molar-refractivity contribution in [2.45, 2.75) is 13.0 Å². The van der Waals surface area contributed by atoms with E-state index in [9.17, 15) is 4.79 Å². The summed E-state index contributed by atoms with van der Waals surface area (Å²) in [5.74, 6) is 1.11. The van der Waals surface area contributed by atoms with Crippen molar-refractivity contribution < 1.29 is 9.53 Å². The van der Waals surface area contributed by atoms with Crippen LogP contribution in [0.25, 0.3) is 16.4 Å². The van der Waals surface area contributed by atoms with E-state index in [1.165, 1.54) is 0 Å². The maximum atomic E-state index is 12.3. The van der Waals surface area contributed by atoms with E-state index >= 15 is 0 Å². The topological polar surface area (TPSA) is 68.5 Å². The van der Waals surface area contributed by atoms with Crippen molar-refractivity contribution in [1.82, 2.24) is 19.9 Å². The van der Waals surface area contributed by atoms with E-state index in [1.807, 2.05) is 72.1 Å². The first-order chi connectivity index (χ1) is 13.1. The van der Waals surface area contributed by atoms with E-state index in [0.717, 1.165) is 20.9 Å². The second-order valence-corrected chi connectivity index (χ2v) is 7.13. The molecule has 2 heterocycles. The molecule has 2 aromatic carbocycles. The Morgan fingerprint density at radius 1 is 1.15 bits per heavy atom. The lowest BCUT2D eigenvalue weighted by atomic mass is 10.1.